The number of nitrogens with one attached hydrogen (secondary N) is 1. The van der Waals surface area contributed by atoms with Crippen LogP contribution in [0, 0.1) is 11.3 Å². The lowest BCUT2D eigenvalue weighted by Gasteiger charge is -2.14. The summed E-state index contributed by atoms with van der Waals surface area (Å²) in [6, 6.07) is 10.9. The van der Waals surface area contributed by atoms with E-state index in [1.807, 2.05) is 31.2 Å². The average molecular weight is 440 g/mol. The summed E-state index contributed by atoms with van der Waals surface area (Å²) in [6.07, 6.45) is 2.04. The molecule has 0 heterocycles. The predicted octanol–water partition coefficient (Wildman–Crippen LogP) is 3.39. The van der Waals surface area contributed by atoms with Crippen molar-refractivity contribution >= 4 is 12.0 Å². The van der Waals surface area contributed by atoms with E-state index in [1.54, 1.807) is 26.4 Å². The molecule has 0 aliphatic heterocycles. The molecular formula is C24H28N2O6. The third kappa shape index (κ3) is 6.08. The molecule has 0 spiro atoms. The lowest BCUT2D eigenvalue weighted by atomic mass is 10.1. The molecule has 2 rings (SSSR count). The predicted molar refractivity (Wildman–Crippen MR) is 121 cm³/mol. The third-order valence-corrected chi connectivity index (χ3v) is 4.59. The van der Waals surface area contributed by atoms with Gasteiger partial charge in [0, 0.05) is 6.54 Å². The Labute approximate surface area is 188 Å². The van der Waals surface area contributed by atoms with Gasteiger partial charge in [-0.25, -0.2) is 0 Å². The van der Waals surface area contributed by atoms with E-state index in [0.717, 1.165) is 5.56 Å². The van der Waals surface area contributed by atoms with Gasteiger partial charge in [0.1, 0.15) is 11.6 Å². The van der Waals surface area contributed by atoms with Gasteiger partial charge >= 0.3 is 0 Å². The van der Waals surface area contributed by atoms with Crippen LogP contribution in [0.25, 0.3) is 6.08 Å². The number of nitriles is 1. The van der Waals surface area contributed by atoms with Crippen molar-refractivity contribution in [2.75, 3.05) is 41.6 Å². The van der Waals surface area contributed by atoms with Gasteiger partial charge in [0.25, 0.3) is 5.91 Å². The van der Waals surface area contributed by atoms with Crippen molar-refractivity contribution in [1.29, 1.82) is 5.26 Å². The monoisotopic (exact) mass is 440 g/mol. The minimum absolute atomic E-state index is 0.0365. The fourth-order valence-electron chi connectivity index (χ4n) is 3.04. The van der Waals surface area contributed by atoms with Crippen molar-refractivity contribution in [3.63, 3.8) is 0 Å². The molecule has 8 heteroatoms. The SMILES string of the molecule is CCOc1c(OC)cc(/C=C(/C#N)C(=O)NCCc2ccc(OC)c(OC)c2)cc1OC. The fourth-order valence-corrected chi connectivity index (χ4v) is 3.04. The van der Waals surface area contributed by atoms with E-state index in [4.69, 9.17) is 23.7 Å². The van der Waals surface area contributed by atoms with Gasteiger partial charge in [0.15, 0.2) is 23.0 Å². The number of methoxy groups -OCH3 is 4. The maximum atomic E-state index is 12.5. The summed E-state index contributed by atoms with van der Waals surface area (Å²) in [5.74, 6) is 2.14. The normalized spacial score (nSPS) is 10.7. The quantitative estimate of drug-likeness (QED) is 0.422. The summed E-state index contributed by atoms with van der Waals surface area (Å²) < 4.78 is 26.8. The molecule has 0 radical (unpaired) electrons. The van der Waals surface area contributed by atoms with E-state index in [1.165, 1.54) is 20.3 Å². The van der Waals surface area contributed by atoms with E-state index in [2.05, 4.69) is 5.32 Å². The summed E-state index contributed by atoms with van der Waals surface area (Å²) in [5.41, 5.74) is 1.51. The molecule has 1 amide bonds. The van der Waals surface area contributed by atoms with Crippen molar-refractivity contribution in [3.8, 4) is 34.8 Å². The molecule has 8 nitrogen and oxygen atoms in total. The van der Waals surface area contributed by atoms with Crippen LogP contribution in [0.2, 0.25) is 0 Å². The number of ether oxygens (including phenoxy) is 5. The number of nitrogens with zero attached hydrogens (tertiary/aromatic N) is 1. The smallest absolute Gasteiger partial charge is 0.261 e. The zero-order valence-corrected chi connectivity index (χ0v) is 19.0. The molecule has 0 aliphatic carbocycles. The Kier molecular flexibility index (Phi) is 9.23. The van der Waals surface area contributed by atoms with Crippen LogP contribution < -0.4 is 29.0 Å². The van der Waals surface area contributed by atoms with Gasteiger partial charge in [-0.3, -0.25) is 4.79 Å². The summed E-state index contributed by atoms with van der Waals surface area (Å²) in [7, 11) is 6.16. The van der Waals surface area contributed by atoms with Crippen molar-refractivity contribution in [1.82, 2.24) is 5.32 Å². The molecule has 0 aliphatic rings. The van der Waals surface area contributed by atoms with Gasteiger partial charge in [-0.15, -0.1) is 0 Å². The Hall–Kier alpha value is -3.86. The number of hydrogen-bond donors (Lipinski definition) is 1. The highest BCUT2D eigenvalue weighted by Crippen LogP contribution is 2.39. The van der Waals surface area contributed by atoms with Crippen molar-refractivity contribution in [2.45, 2.75) is 13.3 Å². The maximum Gasteiger partial charge on any atom is 0.261 e. The standard InChI is InChI=1S/C24H28N2O6/c1-6-32-23-21(30-4)13-17(14-22(23)31-5)11-18(15-25)24(27)26-10-9-16-7-8-19(28-2)20(12-16)29-3/h7-8,11-14H,6,9-10H2,1-5H3,(H,26,27)/b18-11-. The van der Waals surface area contributed by atoms with Gasteiger partial charge in [0.2, 0.25) is 5.75 Å². The first kappa shape index (κ1) is 24.4. The lowest BCUT2D eigenvalue weighted by molar-refractivity contribution is -0.117. The molecule has 0 fully saturated rings. The zero-order valence-electron chi connectivity index (χ0n) is 19.0. The van der Waals surface area contributed by atoms with Gasteiger partial charge in [0.05, 0.1) is 35.0 Å². The van der Waals surface area contributed by atoms with Crippen molar-refractivity contribution in [3.05, 3.63) is 47.0 Å². The molecule has 2 aromatic carbocycles. The Morgan fingerprint density at radius 1 is 0.969 bits per heavy atom. The molecule has 0 saturated carbocycles. The van der Waals surface area contributed by atoms with Crippen LogP contribution in [0.1, 0.15) is 18.1 Å². The van der Waals surface area contributed by atoms with E-state index in [9.17, 15) is 10.1 Å². The molecule has 0 aromatic heterocycles. The second-order valence-electron chi connectivity index (χ2n) is 6.55. The molecule has 170 valence electrons. The number of carbonyl (C=O) groups excluding carboxylic acids is 1. The van der Waals surface area contributed by atoms with E-state index in [0.29, 0.717) is 53.9 Å². The van der Waals surface area contributed by atoms with E-state index >= 15 is 0 Å². The highest BCUT2D eigenvalue weighted by molar-refractivity contribution is 6.01. The zero-order chi connectivity index (χ0) is 23.5. The minimum atomic E-state index is -0.472. The molecule has 0 bridgehead atoms. The van der Waals surface area contributed by atoms with Crippen LogP contribution in [0.4, 0.5) is 0 Å². The molecular weight excluding hydrogens is 412 g/mol. The summed E-state index contributed by atoms with van der Waals surface area (Å²) in [4.78, 5) is 12.5. The van der Waals surface area contributed by atoms with E-state index < -0.39 is 5.91 Å². The second-order valence-corrected chi connectivity index (χ2v) is 6.55. The highest BCUT2D eigenvalue weighted by Gasteiger charge is 2.15. The number of amides is 1. The number of rotatable bonds is 11. The van der Waals surface area contributed by atoms with Crippen LogP contribution in [-0.4, -0.2) is 47.5 Å². The minimum Gasteiger partial charge on any atom is -0.493 e. The van der Waals surface area contributed by atoms with E-state index in [-0.39, 0.29) is 5.57 Å². The highest BCUT2D eigenvalue weighted by atomic mass is 16.5. The Morgan fingerprint density at radius 3 is 2.12 bits per heavy atom. The average Bonchev–Trinajstić information content (AvgIpc) is 2.82. The third-order valence-electron chi connectivity index (χ3n) is 4.59. The second kappa shape index (κ2) is 12.1. The fraction of sp³-hybridized carbons (Fsp3) is 0.333. The van der Waals surface area contributed by atoms with Crippen molar-refractivity contribution in [2.24, 2.45) is 0 Å². The first-order valence-corrected chi connectivity index (χ1v) is 10.0. The van der Waals surface area contributed by atoms with Gasteiger partial charge in [-0.05, 0) is 54.8 Å². The lowest BCUT2D eigenvalue weighted by Crippen LogP contribution is -2.26. The van der Waals surface area contributed by atoms with Crippen LogP contribution in [0.5, 0.6) is 28.7 Å². The Morgan fingerprint density at radius 2 is 1.59 bits per heavy atom. The molecule has 32 heavy (non-hydrogen) atoms. The number of hydrogen-bond acceptors (Lipinski definition) is 7. The summed E-state index contributed by atoms with van der Waals surface area (Å²) >= 11 is 0. The summed E-state index contributed by atoms with van der Waals surface area (Å²) in [5, 5.41) is 12.3. The van der Waals surface area contributed by atoms with Gasteiger partial charge < -0.3 is 29.0 Å². The number of benzene rings is 2. The molecule has 0 saturated heterocycles. The van der Waals surface area contributed by atoms with Crippen LogP contribution in [0.3, 0.4) is 0 Å². The van der Waals surface area contributed by atoms with Gasteiger partial charge in [-0.1, -0.05) is 6.07 Å². The molecule has 0 unspecified atom stereocenters. The Balaban J connectivity index is 2.13. The molecule has 0 atom stereocenters. The molecule has 1 N–H and O–H groups in total. The van der Waals surface area contributed by atoms with Crippen molar-refractivity contribution < 1.29 is 28.5 Å². The van der Waals surface area contributed by atoms with Crippen LogP contribution in [0.15, 0.2) is 35.9 Å². The maximum absolute atomic E-state index is 12.5. The first-order chi connectivity index (χ1) is 15.5. The van der Waals surface area contributed by atoms with Crippen LogP contribution >= 0.6 is 0 Å². The summed E-state index contributed by atoms with van der Waals surface area (Å²) in [6.45, 7) is 2.64. The largest absolute Gasteiger partial charge is 0.493 e. The molecule has 2 aromatic rings. The number of carbonyl (C=O) groups is 1. The Bertz CT molecular complexity index is 985. The first-order valence-electron chi connectivity index (χ1n) is 10.0. The van der Waals surface area contributed by atoms with Crippen LogP contribution in [-0.2, 0) is 11.2 Å². The topological polar surface area (TPSA) is 99.0 Å². The van der Waals surface area contributed by atoms with Gasteiger partial charge in [-0.2, -0.15) is 5.26 Å².